The van der Waals surface area contributed by atoms with Crippen LogP contribution in [0.2, 0.25) is 0 Å². The fraction of sp³-hybridized carbons (Fsp3) is 0.333. The fourth-order valence-electron chi connectivity index (χ4n) is 3.11. The molecule has 0 bridgehead atoms. The van der Waals surface area contributed by atoms with Gasteiger partial charge in [-0.3, -0.25) is 9.88 Å². The molecule has 0 aliphatic carbocycles. The highest BCUT2D eigenvalue weighted by atomic mass is 16.4. The van der Waals surface area contributed by atoms with E-state index in [1.807, 2.05) is 25.1 Å². The molecule has 2 heterocycles. The molecule has 0 fully saturated rings. The number of aryl methyl sites for hydroxylation is 1. The first-order chi connectivity index (χ1) is 10.6. The highest BCUT2D eigenvalue weighted by Crippen LogP contribution is 2.30. The molecule has 4 nitrogen and oxygen atoms in total. The zero-order valence-corrected chi connectivity index (χ0v) is 13.0. The van der Waals surface area contributed by atoms with Crippen LogP contribution in [-0.4, -0.2) is 34.0 Å². The molecule has 0 amide bonds. The summed E-state index contributed by atoms with van der Waals surface area (Å²) in [6.07, 6.45) is 3.87. The second-order valence-electron chi connectivity index (χ2n) is 5.71. The van der Waals surface area contributed by atoms with Crippen molar-refractivity contribution >= 4 is 22.9 Å². The summed E-state index contributed by atoms with van der Waals surface area (Å²) in [7, 11) is 0. The third-order valence-electron chi connectivity index (χ3n) is 4.33. The van der Waals surface area contributed by atoms with E-state index < -0.39 is 5.97 Å². The molecule has 3 rings (SSSR count). The van der Waals surface area contributed by atoms with Crippen molar-refractivity contribution in [2.75, 3.05) is 13.1 Å². The molecule has 114 valence electrons. The Bertz CT molecular complexity index is 765. The van der Waals surface area contributed by atoms with Gasteiger partial charge in [0, 0.05) is 36.7 Å². The number of nitrogens with zero attached hydrogens (tertiary/aromatic N) is 2. The van der Waals surface area contributed by atoms with E-state index in [1.165, 1.54) is 11.6 Å². The molecule has 2 aromatic rings. The molecular weight excluding hydrogens is 276 g/mol. The van der Waals surface area contributed by atoms with E-state index in [0.717, 1.165) is 53.8 Å². The molecule has 0 spiro atoms. The molecule has 0 atom stereocenters. The van der Waals surface area contributed by atoms with Gasteiger partial charge in [0.15, 0.2) is 0 Å². The van der Waals surface area contributed by atoms with Crippen molar-refractivity contribution in [3.05, 3.63) is 46.7 Å². The quantitative estimate of drug-likeness (QED) is 0.885. The van der Waals surface area contributed by atoms with E-state index in [1.54, 1.807) is 6.08 Å². The molecule has 0 saturated carbocycles. The van der Waals surface area contributed by atoms with Crippen LogP contribution < -0.4 is 0 Å². The number of likely N-dealkylation sites (N-methyl/N-ethyl adjacent to an activating group) is 1. The second-order valence-corrected chi connectivity index (χ2v) is 5.71. The summed E-state index contributed by atoms with van der Waals surface area (Å²) in [5, 5.41) is 10.0. The number of pyridine rings is 1. The van der Waals surface area contributed by atoms with Crippen LogP contribution in [0, 0.1) is 6.92 Å². The van der Waals surface area contributed by atoms with Crippen LogP contribution in [0.3, 0.4) is 0 Å². The predicted molar refractivity (Wildman–Crippen MR) is 87.8 cm³/mol. The monoisotopic (exact) mass is 296 g/mol. The number of hydrogen-bond donors (Lipinski definition) is 1. The van der Waals surface area contributed by atoms with Crippen LogP contribution in [-0.2, 0) is 17.8 Å². The summed E-state index contributed by atoms with van der Waals surface area (Å²) in [5.41, 5.74) is 5.39. The Balaban J connectivity index is 2.26. The van der Waals surface area contributed by atoms with Crippen LogP contribution in [0.15, 0.2) is 24.3 Å². The van der Waals surface area contributed by atoms with Gasteiger partial charge in [0.1, 0.15) is 0 Å². The van der Waals surface area contributed by atoms with Gasteiger partial charge in [-0.25, -0.2) is 4.79 Å². The van der Waals surface area contributed by atoms with Crippen molar-refractivity contribution in [2.45, 2.75) is 26.8 Å². The molecule has 0 saturated heterocycles. The standard InChI is InChI=1S/C18H20N2O2/c1-3-20-10-9-16-15(11-20)13(7-8-17(21)22)14-6-4-5-12(2)18(14)19-16/h4-8H,3,9-11H2,1-2H3,(H,21,22)/b8-7+. The van der Waals surface area contributed by atoms with Gasteiger partial charge in [-0.1, -0.05) is 25.1 Å². The average Bonchev–Trinajstić information content (AvgIpc) is 2.51. The first-order valence-electron chi connectivity index (χ1n) is 7.64. The fourth-order valence-corrected chi connectivity index (χ4v) is 3.11. The zero-order valence-electron chi connectivity index (χ0n) is 13.0. The highest BCUT2D eigenvalue weighted by Gasteiger charge is 2.21. The molecule has 22 heavy (non-hydrogen) atoms. The van der Waals surface area contributed by atoms with Crippen molar-refractivity contribution in [1.82, 2.24) is 9.88 Å². The number of aliphatic carboxylic acids is 1. The van der Waals surface area contributed by atoms with E-state index >= 15 is 0 Å². The maximum atomic E-state index is 11.0. The van der Waals surface area contributed by atoms with Gasteiger partial charge in [0.25, 0.3) is 0 Å². The normalized spacial score (nSPS) is 15.4. The number of para-hydroxylation sites is 1. The smallest absolute Gasteiger partial charge is 0.328 e. The van der Waals surface area contributed by atoms with Crippen LogP contribution in [0.1, 0.15) is 29.3 Å². The summed E-state index contributed by atoms with van der Waals surface area (Å²) in [4.78, 5) is 18.2. The maximum Gasteiger partial charge on any atom is 0.328 e. The largest absolute Gasteiger partial charge is 0.478 e. The molecule has 1 aliphatic heterocycles. The lowest BCUT2D eigenvalue weighted by Gasteiger charge is -2.29. The van der Waals surface area contributed by atoms with Gasteiger partial charge in [0.05, 0.1) is 5.52 Å². The number of hydrogen-bond acceptors (Lipinski definition) is 3. The summed E-state index contributed by atoms with van der Waals surface area (Å²) in [6.45, 7) is 7.04. The third kappa shape index (κ3) is 2.62. The predicted octanol–water partition coefficient (Wildman–Crippen LogP) is 3.02. The molecule has 1 aromatic carbocycles. The van der Waals surface area contributed by atoms with E-state index in [2.05, 4.69) is 11.8 Å². The summed E-state index contributed by atoms with van der Waals surface area (Å²) < 4.78 is 0. The summed E-state index contributed by atoms with van der Waals surface area (Å²) in [5.74, 6) is -0.922. The van der Waals surface area contributed by atoms with Crippen molar-refractivity contribution in [3.63, 3.8) is 0 Å². The number of fused-ring (bicyclic) bond motifs is 2. The number of carboxylic acid groups (broad SMARTS) is 1. The lowest BCUT2D eigenvalue weighted by atomic mass is 9.94. The Morgan fingerprint density at radius 1 is 1.45 bits per heavy atom. The minimum Gasteiger partial charge on any atom is -0.478 e. The molecule has 0 radical (unpaired) electrons. The van der Waals surface area contributed by atoms with Gasteiger partial charge in [-0.15, -0.1) is 0 Å². The number of benzene rings is 1. The van der Waals surface area contributed by atoms with Crippen LogP contribution >= 0.6 is 0 Å². The first kappa shape index (κ1) is 14.7. The van der Waals surface area contributed by atoms with Crippen LogP contribution in [0.25, 0.3) is 17.0 Å². The molecule has 0 unspecified atom stereocenters. The Morgan fingerprint density at radius 3 is 3.00 bits per heavy atom. The first-order valence-corrected chi connectivity index (χ1v) is 7.64. The second kappa shape index (κ2) is 5.89. The van der Waals surface area contributed by atoms with Gasteiger partial charge < -0.3 is 5.11 Å². The average molecular weight is 296 g/mol. The Hall–Kier alpha value is -2.20. The van der Waals surface area contributed by atoms with Crippen molar-refractivity contribution in [2.24, 2.45) is 0 Å². The number of carbonyl (C=O) groups is 1. The van der Waals surface area contributed by atoms with Gasteiger partial charge in [0.2, 0.25) is 0 Å². The van der Waals surface area contributed by atoms with E-state index in [-0.39, 0.29) is 0 Å². The Labute approximate surface area is 130 Å². The van der Waals surface area contributed by atoms with Crippen molar-refractivity contribution in [1.29, 1.82) is 0 Å². The molecule has 1 N–H and O–H groups in total. The van der Waals surface area contributed by atoms with Crippen LogP contribution in [0.4, 0.5) is 0 Å². The van der Waals surface area contributed by atoms with E-state index in [0.29, 0.717) is 0 Å². The van der Waals surface area contributed by atoms with Crippen molar-refractivity contribution < 1.29 is 9.90 Å². The van der Waals surface area contributed by atoms with Crippen LogP contribution in [0.5, 0.6) is 0 Å². The third-order valence-corrected chi connectivity index (χ3v) is 4.33. The summed E-state index contributed by atoms with van der Waals surface area (Å²) in [6, 6.07) is 6.08. The zero-order chi connectivity index (χ0) is 15.7. The molecule has 1 aliphatic rings. The minimum atomic E-state index is -0.922. The van der Waals surface area contributed by atoms with E-state index in [9.17, 15) is 4.79 Å². The lowest BCUT2D eigenvalue weighted by molar-refractivity contribution is -0.131. The molecule has 1 aromatic heterocycles. The molecular formula is C18H20N2O2. The number of aromatic nitrogens is 1. The lowest BCUT2D eigenvalue weighted by Crippen LogP contribution is -2.31. The van der Waals surface area contributed by atoms with Crippen molar-refractivity contribution in [3.8, 4) is 0 Å². The molecule has 4 heteroatoms. The minimum absolute atomic E-state index is 0.835. The summed E-state index contributed by atoms with van der Waals surface area (Å²) >= 11 is 0. The van der Waals surface area contributed by atoms with Gasteiger partial charge >= 0.3 is 5.97 Å². The number of rotatable bonds is 3. The van der Waals surface area contributed by atoms with Gasteiger partial charge in [-0.05, 0) is 36.2 Å². The Morgan fingerprint density at radius 2 is 2.27 bits per heavy atom. The Kier molecular flexibility index (Phi) is 3.94. The maximum absolute atomic E-state index is 11.0. The van der Waals surface area contributed by atoms with E-state index in [4.69, 9.17) is 10.1 Å². The SMILES string of the molecule is CCN1CCc2nc3c(C)cccc3c(/C=C/C(=O)O)c2C1. The highest BCUT2D eigenvalue weighted by molar-refractivity contribution is 5.95. The van der Waals surface area contributed by atoms with Gasteiger partial charge in [-0.2, -0.15) is 0 Å². The topological polar surface area (TPSA) is 53.4 Å². The number of carboxylic acids is 1.